The number of hydrogen-bond donors (Lipinski definition) is 0. The number of halogens is 1. The van der Waals surface area contributed by atoms with Gasteiger partial charge in [0, 0.05) is 50.0 Å². The van der Waals surface area contributed by atoms with Crippen molar-refractivity contribution < 1.29 is 9.18 Å². The van der Waals surface area contributed by atoms with Gasteiger partial charge < -0.3 is 4.90 Å². The van der Waals surface area contributed by atoms with E-state index in [2.05, 4.69) is 41.0 Å². The van der Waals surface area contributed by atoms with Gasteiger partial charge in [-0.3, -0.25) is 9.69 Å². The number of likely N-dealkylation sites (tertiary alicyclic amines) is 2. The molecule has 154 valence electrons. The SMILES string of the molecule is Cc1ccccc1CN1CC[C@@H]2[C@H](C1)[C@@H](c1ccc(F)cc1)CN2C(=O)C(C)C. The van der Waals surface area contributed by atoms with Gasteiger partial charge in [-0.15, -0.1) is 0 Å². The fourth-order valence-electron chi connectivity index (χ4n) is 5.12. The molecular weight excluding hydrogens is 363 g/mol. The van der Waals surface area contributed by atoms with Gasteiger partial charge in [0.05, 0.1) is 0 Å². The lowest BCUT2D eigenvalue weighted by molar-refractivity contribution is -0.136. The van der Waals surface area contributed by atoms with E-state index in [9.17, 15) is 9.18 Å². The molecule has 4 rings (SSSR count). The highest BCUT2D eigenvalue weighted by molar-refractivity contribution is 5.79. The number of piperidine rings is 1. The van der Waals surface area contributed by atoms with Crippen LogP contribution in [0.3, 0.4) is 0 Å². The molecule has 1 amide bonds. The van der Waals surface area contributed by atoms with Crippen LogP contribution in [0, 0.1) is 24.6 Å². The molecule has 4 heteroatoms. The molecule has 3 nitrogen and oxygen atoms in total. The number of amides is 1. The van der Waals surface area contributed by atoms with Crippen molar-refractivity contribution >= 4 is 5.91 Å². The maximum absolute atomic E-state index is 13.5. The lowest BCUT2D eigenvalue weighted by Gasteiger charge is -2.39. The number of benzene rings is 2. The van der Waals surface area contributed by atoms with Crippen LogP contribution >= 0.6 is 0 Å². The van der Waals surface area contributed by atoms with E-state index in [1.165, 1.54) is 11.1 Å². The van der Waals surface area contributed by atoms with E-state index >= 15 is 0 Å². The van der Waals surface area contributed by atoms with Gasteiger partial charge in [0.15, 0.2) is 0 Å². The average molecular weight is 395 g/mol. The van der Waals surface area contributed by atoms with Gasteiger partial charge in [-0.2, -0.15) is 0 Å². The molecule has 0 aliphatic carbocycles. The monoisotopic (exact) mass is 394 g/mol. The van der Waals surface area contributed by atoms with E-state index in [-0.39, 0.29) is 29.6 Å². The van der Waals surface area contributed by atoms with Crippen LogP contribution in [0.4, 0.5) is 4.39 Å². The molecule has 0 spiro atoms. The molecule has 0 radical (unpaired) electrons. The molecule has 3 atom stereocenters. The highest BCUT2D eigenvalue weighted by Crippen LogP contribution is 2.42. The van der Waals surface area contributed by atoms with Crippen molar-refractivity contribution in [3.63, 3.8) is 0 Å². The third-order valence-electron chi connectivity index (χ3n) is 6.75. The van der Waals surface area contributed by atoms with Crippen LogP contribution in [0.5, 0.6) is 0 Å². The van der Waals surface area contributed by atoms with E-state index in [0.717, 1.165) is 38.2 Å². The Morgan fingerprint density at radius 1 is 1.10 bits per heavy atom. The highest BCUT2D eigenvalue weighted by atomic mass is 19.1. The average Bonchev–Trinajstić information content (AvgIpc) is 3.08. The molecule has 2 heterocycles. The van der Waals surface area contributed by atoms with E-state index in [1.807, 2.05) is 26.0 Å². The van der Waals surface area contributed by atoms with Crippen molar-refractivity contribution in [2.24, 2.45) is 11.8 Å². The summed E-state index contributed by atoms with van der Waals surface area (Å²) in [6.45, 7) is 9.81. The Bertz CT molecular complexity index is 863. The normalized spacial score (nSPS) is 24.7. The molecule has 2 aliphatic heterocycles. The predicted molar refractivity (Wildman–Crippen MR) is 114 cm³/mol. The number of aryl methyl sites for hydroxylation is 1. The summed E-state index contributed by atoms with van der Waals surface area (Å²) in [6, 6.07) is 15.8. The summed E-state index contributed by atoms with van der Waals surface area (Å²) in [5.41, 5.74) is 3.85. The molecule has 0 bridgehead atoms. The Labute approximate surface area is 173 Å². The molecule has 2 saturated heterocycles. The minimum absolute atomic E-state index is 0.00705. The van der Waals surface area contributed by atoms with E-state index in [4.69, 9.17) is 0 Å². The molecule has 2 aliphatic rings. The minimum atomic E-state index is -0.205. The second-order valence-electron chi connectivity index (χ2n) is 8.98. The minimum Gasteiger partial charge on any atom is -0.338 e. The summed E-state index contributed by atoms with van der Waals surface area (Å²) in [5, 5.41) is 0. The van der Waals surface area contributed by atoms with Crippen LogP contribution < -0.4 is 0 Å². The van der Waals surface area contributed by atoms with Gasteiger partial charge >= 0.3 is 0 Å². The number of carbonyl (C=O) groups excluding carboxylic acids is 1. The van der Waals surface area contributed by atoms with Gasteiger partial charge in [-0.25, -0.2) is 4.39 Å². The third-order valence-corrected chi connectivity index (χ3v) is 6.75. The molecule has 0 aromatic heterocycles. The number of fused-ring (bicyclic) bond motifs is 1. The Hall–Kier alpha value is -2.20. The first-order valence-electron chi connectivity index (χ1n) is 10.8. The fraction of sp³-hybridized carbons (Fsp3) is 0.480. The van der Waals surface area contributed by atoms with Crippen molar-refractivity contribution in [1.29, 1.82) is 0 Å². The first-order valence-corrected chi connectivity index (χ1v) is 10.8. The molecule has 0 saturated carbocycles. The third kappa shape index (κ3) is 4.09. The summed E-state index contributed by atoms with van der Waals surface area (Å²) < 4.78 is 13.5. The number of hydrogen-bond acceptors (Lipinski definition) is 2. The van der Waals surface area contributed by atoms with Gasteiger partial charge in [0.1, 0.15) is 5.82 Å². The van der Waals surface area contributed by atoms with Crippen LogP contribution in [0.25, 0.3) is 0 Å². The summed E-state index contributed by atoms with van der Waals surface area (Å²) in [7, 11) is 0. The fourth-order valence-corrected chi connectivity index (χ4v) is 5.12. The highest BCUT2D eigenvalue weighted by Gasteiger charge is 2.47. The molecule has 0 unspecified atom stereocenters. The van der Waals surface area contributed by atoms with Crippen molar-refractivity contribution in [1.82, 2.24) is 9.80 Å². The largest absolute Gasteiger partial charge is 0.338 e. The number of carbonyl (C=O) groups is 1. The lowest BCUT2D eigenvalue weighted by atomic mass is 9.81. The topological polar surface area (TPSA) is 23.6 Å². The second kappa shape index (κ2) is 8.27. The Morgan fingerprint density at radius 2 is 1.83 bits per heavy atom. The Balaban J connectivity index is 1.58. The smallest absolute Gasteiger partial charge is 0.225 e. The summed E-state index contributed by atoms with van der Waals surface area (Å²) in [5.74, 6) is 0.705. The maximum Gasteiger partial charge on any atom is 0.225 e. The van der Waals surface area contributed by atoms with Crippen LogP contribution in [0.2, 0.25) is 0 Å². The quantitative estimate of drug-likeness (QED) is 0.756. The molecule has 29 heavy (non-hydrogen) atoms. The Kier molecular flexibility index (Phi) is 5.73. The molecule has 2 fully saturated rings. The zero-order valence-electron chi connectivity index (χ0n) is 17.6. The summed E-state index contributed by atoms with van der Waals surface area (Å²) in [6.07, 6.45) is 1.01. The first kappa shape index (κ1) is 20.1. The molecule has 2 aromatic carbocycles. The van der Waals surface area contributed by atoms with Crippen LogP contribution in [-0.4, -0.2) is 41.4 Å². The van der Waals surface area contributed by atoms with Gasteiger partial charge in [-0.05, 0) is 42.2 Å². The predicted octanol–water partition coefficient (Wildman–Crippen LogP) is 4.61. The van der Waals surface area contributed by atoms with E-state index < -0.39 is 0 Å². The zero-order chi connectivity index (χ0) is 20.5. The van der Waals surface area contributed by atoms with E-state index in [0.29, 0.717) is 5.92 Å². The Morgan fingerprint density at radius 3 is 2.52 bits per heavy atom. The summed E-state index contributed by atoms with van der Waals surface area (Å²) in [4.78, 5) is 17.6. The van der Waals surface area contributed by atoms with Gasteiger partial charge in [-0.1, -0.05) is 50.2 Å². The maximum atomic E-state index is 13.5. The summed E-state index contributed by atoms with van der Waals surface area (Å²) >= 11 is 0. The standard InChI is InChI=1S/C25H31FN2O/c1-17(2)25(29)28-16-22(19-8-10-21(26)11-9-19)23-15-27(13-12-24(23)28)14-20-7-5-4-6-18(20)3/h4-11,17,22-24H,12-16H2,1-3H3/t22-,23-,24-/m1/s1. The second-order valence-corrected chi connectivity index (χ2v) is 8.98. The first-order chi connectivity index (χ1) is 13.9. The van der Waals surface area contributed by atoms with Crippen LogP contribution in [-0.2, 0) is 11.3 Å². The van der Waals surface area contributed by atoms with Crippen molar-refractivity contribution in [3.8, 4) is 0 Å². The van der Waals surface area contributed by atoms with E-state index in [1.54, 1.807) is 12.1 Å². The molecule has 0 N–H and O–H groups in total. The number of rotatable bonds is 4. The van der Waals surface area contributed by atoms with Crippen molar-refractivity contribution in [2.75, 3.05) is 19.6 Å². The number of nitrogens with zero attached hydrogens (tertiary/aromatic N) is 2. The van der Waals surface area contributed by atoms with Crippen molar-refractivity contribution in [2.45, 2.75) is 45.7 Å². The van der Waals surface area contributed by atoms with Crippen molar-refractivity contribution in [3.05, 3.63) is 71.0 Å². The molecule has 2 aromatic rings. The van der Waals surface area contributed by atoms with Crippen LogP contribution in [0.15, 0.2) is 48.5 Å². The van der Waals surface area contributed by atoms with Gasteiger partial charge in [0.25, 0.3) is 0 Å². The lowest BCUT2D eigenvalue weighted by Crippen LogP contribution is -2.48. The zero-order valence-corrected chi connectivity index (χ0v) is 17.6. The van der Waals surface area contributed by atoms with Crippen LogP contribution in [0.1, 0.15) is 42.9 Å². The van der Waals surface area contributed by atoms with Gasteiger partial charge in [0.2, 0.25) is 5.91 Å². The molecular formula is C25H31FN2O.